The highest BCUT2D eigenvalue weighted by Crippen LogP contribution is 2.01. The summed E-state index contributed by atoms with van der Waals surface area (Å²) in [5.74, 6) is -0.0658. The molecule has 0 aliphatic carbocycles. The van der Waals surface area contributed by atoms with Crippen molar-refractivity contribution in [3.05, 3.63) is 23.8 Å². The molecule has 78 valence electrons. The normalized spacial score (nSPS) is 10.5. The molecule has 0 N–H and O–H groups in total. The Morgan fingerprint density at radius 1 is 1.47 bits per heavy atom. The number of carbonyl (C=O) groups excluding carboxylic acids is 1. The number of rotatable bonds is 3. The average molecular weight is 206 g/mol. The fourth-order valence-corrected chi connectivity index (χ4v) is 1.26. The van der Waals surface area contributed by atoms with Gasteiger partial charge in [-0.2, -0.15) is 15.0 Å². The molecule has 2 heterocycles. The summed E-state index contributed by atoms with van der Waals surface area (Å²) in [5, 5.41) is 15.5. The van der Waals surface area contributed by atoms with E-state index in [9.17, 15) is 4.79 Å². The van der Waals surface area contributed by atoms with E-state index in [4.69, 9.17) is 0 Å². The third kappa shape index (κ3) is 1.90. The molecule has 0 fully saturated rings. The number of Topliss-reactive ketones (excluding diaryl/α,β-unsaturated/α-hetero) is 1. The Morgan fingerprint density at radius 3 is 2.87 bits per heavy atom. The molecule has 0 saturated carbocycles. The first-order chi connectivity index (χ1) is 7.16. The summed E-state index contributed by atoms with van der Waals surface area (Å²) in [6.45, 7) is 1.88. The van der Waals surface area contributed by atoms with Gasteiger partial charge in [0.05, 0.1) is 18.9 Å². The van der Waals surface area contributed by atoms with E-state index in [1.807, 2.05) is 0 Å². The first-order valence-electron chi connectivity index (χ1n) is 4.41. The van der Waals surface area contributed by atoms with Gasteiger partial charge in [-0.15, -0.1) is 5.10 Å². The van der Waals surface area contributed by atoms with Gasteiger partial charge in [0.15, 0.2) is 5.78 Å². The molecule has 7 heteroatoms. The van der Waals surface area contributed by atoms with Crippen molar-refractivity contribution in [3.63, 3.8) is 0 Å². The standard InChI is InChI=1S/C8H10N6O/c1-6(15)8-4-9-12-14(8)5-7-3-10-13(2)11-7/h3-4H,5H2,1-2H3. The molecule has 0 saturated heterocycles. The van der Waals surface area contributed by atoms with Crippen molar-refractivity contribution >= 4 is 5.78 Å². The number of hydrogen-bond acceptors (Lipinski definition) is 5. The summed E-state index contributed by atoms with van der Waals surface area (Å²) >= 11 is 0. The van der Waals surface area contributed by atoms with Gasteiger partial charge in [-0.05, 0) is 0 Å². The molecule has 0 aliphatic heterocycles. The van der Waals surface area contributed by atoms with Crippen LogP contribution in [0.2, 0.25) is 0 Å². The second kappa shape index (κ2) is 3.60. The lowest BCUT2D eigenvalue weighted by Crippen LogP contribution is -2.10. The minimum Gasteiger partial charge on any atom is -0.293 e. The third-order valence-electron chi connectivity index (χ3n) is 1.94. The van der Waals surface area contributed by atoms with E-state index in [-0.39, 0.29) is 5.78 Å². The van der Waals surface area contributed by atoms with Crippen molar-refractivity contribution in [1.29, 1.82) is 0 Å². The van der Waals surface area contributed by atoms with Gasteiger partial charge in [0, 0.05) is 14.0 Å². The maximum absolute atomic E-state index is 11.2. The van der Waals surface area contributed by atoms with E-state index < -0.39 is 0 Å². The summed E-state index contributed by atoms with van der Waals surface area (Å²) < 4.78 is 1.51. The molecule has 0 unspecified atom stereocenters. The number of aryl methyl sites for hydroxylation is 1. The van der Waals surface area contributed by atoms with Crippen LogP contribution in [0.1, 0.15) is 23.1 Å². The molecule has 7 nitrogen and oxygen atoms in total. The summed E-state index contributed by atoms with van der Waals surface area (Å²) in [4.78, 5) is 12.6. The van der Waals surface area contributed by atoms with E-state index in [1.54, 1.807) is 13.2 Å². The number of aromatic nitrogens is 6. The van der Waals surface area contributed by atoms with E-state index in [0.29, 0.717) is 12.2 Å². The van der Waals surface area contributed by atoms with Crippen molar-refractivity contribution in [2.75, 3.05) is 0 Å². The molecule has 0 aromatic carbocycles. The number of ketones is 1. The Bertz CT molecular complexity index is 485. The molecular formula is C8H10N6O. The Labute approximate surface area is 85.7 Å². The van der Waals surface area contributed by atoms with Crippen molar-refractivity contribution in [3.8, 4) is 0 Å². The smallest absolute Gasteiger partial charge is 0.179 e. The predicted octanol–water partition coefficient (Wildman–Crippen LogP) is -0.343. The van der Waals surface area contributed by atoms with Gasteiger partial charge in [-0.3, -0.25) is 4.79 Å². The van der Waals surface area contributed by atoms with Crippen LogP contribution in [0.15, 0.2) is 12.4 Å². The molecule has 0 bridgehead atoms. The summed E-state index contributed by atoms with van der Waals surface area (Å²) in [7, 11) is 1.73. The van der Waals surface area contributed by atoms with Crippen LogP contribution in [-0.2, 0) is 13.6 Å². The largest absolute Gasteiger partial charge is 0.293 e. The van der Waals surface area contributed by atoms with E-state index >= 15 is 0 Å². The monoisotopic (exact) mass is 206 g/mol. The number of nitrogens with zero attached hydrogens (tertiary/aromatic N) is 6. The van der Waals surface area contributed by atoms with Gasteiger partial charge in [-0.1, -0.05) is 5.21 Å². The molecular weight excluding hydrogens is 196 g/mol. The van der Waals surface area contributed by atoms with E-state index in [1.165, 1.54) is 22.6 Å². The molecule has 0 aliphatic rings. The topological polar surface area (TPSA) is 78.5 Å². The van der Waals surface area contributed by atoms with E-state index in [0.717, 1.165) is 5.69 Å². The first kappa shape index (κ1) is 9.50. The van der Waals surface area contributed by atoms with Crippen LogP contribution in [0.4, 0.5) is 0 Å². The van der Waals surface area contributed by atoms with Crippen LogP contribution in [0.25, 0.3) is 0 Å². The molecule has 2 aromatic heterocycles. The van der Waals surface area contributed by atoms with Crippen molar-refractivity contribution in [2.24, 2.45) is 7.05 Å². The third-order valence-corrected chi connectivity index (χ3v) is 1.94. The zero-order chi connectivity index (χ0) is 10.8. The molecule has 0 spiro atoms. The highest BCUT2D eigenvalue weighted by atomic mass is 16.1. The Kier molecular flexibility index (Phi) is 2.28. The predicted molar refractivity (Wildman–Crippen MR) is 50.1 cm³/mol. The Hall–Kier alpha value is -2.05. The second-order valence-electron chi connectivity index (χ2n) is 3.16. The lowest BCUT2D eigenvalue weighted by Gasteiger charge is -1.99. The van der Waals surface area contributed by atoms with Gasteiger partial charge < -0.3 is 0 Å². The molecule has 0 radical (unpaired) electrons. The fraction of sp³-hybridized carbons (Fsp3) is 0.375. The summed E-state index contributed by atoms with van der Waals surface area (Å²) in [5.41, 5.74) is 1.21. The van der Waals surface area contributed by atoms with Gasteiger partial charge in [0.2, 0.25) is 0 Å². The van der Waals surface area contributed by atoms with Gasteiger partial charge in [0.1, 0.15) is 11.4 Å². The lowest BCUT2D eigenvalue weighted by atomic mass is 10.3. The highest BCUT2D eigenvalue weighted by molar-refractivity contribution is 5.91. The minimum atomic E-state index is -0.0658. The zero-order valence-electron chi connectivity index (χ0n) is 8.45. The maximum atomic E-state index is 11.2. The summed E-state index contributed by atoms with van der Waals surface area (Å²) in [6.07, 6.45) is 3.07. The van der Waals surface area contributed by atoms with E-state index in [2.05, 4.69) is 20.5 Å². The number of carbonyl (C=O) groups is 1. The van der Waals surface area contributed by atoms with Crippen molar-refractivity contribution < 1.29 is 4.79 Å². The fourth-order valence-electron chi connectivity index (χ4n) is 1.26. The van der Waals surface area contributed by atoms with Crippen LogP contribution >= 0.6 is 0 Å². The van der Waals surface area contributed by atoms with Gasteiger partial charge >= 0.3 is 0 Å². The SMILES string of the molecule is CC(=O)c1cnnn1Cc1cnn(C)n1. The van der Waals surface area contributed by atoms with Crippen LogP contribution < -0.4 is 0 Å². The first-order valence-corrected chi connectivity index (χ1v) is 4.41. The van der Waals surface area contributed by atoms with Crippen LogP contribution in [-0.4, -0.2) is 35.8 Å². The highest BCUT2D eigenvalue weighted by Gasteiger charge is 2.10. The van der Waals surface area contributed by atoms with Crippen LogP contribution in [0.5, 0.6) is 0 Å². The molecule has 0 atom stereocenters. The maximum Gasteiger partial charge on any atom is 0.179 e. The molecule has 2 rings (SSSR count). The molecule has 15 heavy (non-hydrogen) atoms. The molecule has 2 aromatic rings. The van der Waals surface area contributed by atoms with Gasteiger partial charge in [-0.25, -0.2) is 4.68 Å². The van der Waals surface area contributed by atoms with Crippen LogP contribution in [0.3, 0.4) is 0 Å². The zero-order valence-corrected chi connectivity index (χ0v) is 8.45. The van der Waals surface area contributed by atoms with Crippen molar-refractivity contribution in [2.45, 2.75) is 13.5 Å². The minimum absolute atomic E-state index is 0.0658. The summed E-state index contributed by atoms with van der Waals surface area (Å²) in [6, 6.07) is 0. The quantitative estimate of drug-likeness (QED) is 0.642. The average Bonchev–Trinajstić information content (AvgIpc) is 2.75. The lowest BCUT2D eigenvalue weighted by molar-refractivity contribution is 0.100. The van der Waals surface area contributed by atoms with Crippen molar-refractivity contribution in [1.82, 2.24) is 30.0 Å². The Morgan fingerprint density at radius 2 is 2.27 bits per heavy atom. The second-order valence-corrected chi connectivity index (χ2v) is 3.16. The number of hydrogen-bond donors (Lipinski definition) is 0. The van der Waals surface area contributed by atoms with Crippen LogP contribution in [0, 0.1) is 0 Å². The van der Waals surface area contributed by atoms with Gasteiger partial charge in [0.25, 0.3) is 0 Å². The Balaban J connectivity index is 2.24. The molecule has 0 amide bonds.